The number of carbonyl (C=O) groups excluding carboxylic acids is 1. The fraction of sp³-hybridized carbons (Fsp3) is 0.421. The number of benzene rings is 1. The first-order valence-corrected chi connectivity index (χ1v) is 9.08. The van der Waals surface area contributed by atoms with Gasteiger partial charge in [0.1, 0.15) is 0 Å². The van der Waals surface area contributed by atoms with Crippen LogP contribution < -0.4 is 19.7 Å². The second-order valence-corrected chi connectivity index (χ2v) is 6.76. The summed E-state index contributed by atoms with van der Waals surface area (Å²) in [6, 6.07) is 6.46. The van der Waals surface area contributed by atoms with Gasteiger partial charge in [0.25, 0.3) is 0 Å². The molecule has 1 aromatic carbocycles. The summed E-state index contributed by atoms with van der Waals surface area (Å²) in [4.78, 5) is 24.4. The van der Waals surface area contributed by atoms with Crippen molar-refractivity contribution in [2.24, 2.45) is 0 Å². The predicted molar refractivity (Wildman–Crippen MR) is 101 cm³/mol. The lowest BCUT2D eigenvalue weighted by atomic mass is 10.1. The smallest absolute Gasteiger partial charge is 0.231 e. The number of fused-ring (bicyclic) bond motifs is 1. The normalized spacial score (nSPS) is 17.6. The molecule has 3 heterocycles. The van der Waals surface area contributed by atoms with E-state index < -0.39 is 0 Å². The molecule has 1 amide bonds. The van der Waals surface area contributed by atoms with Crippen molar-refractivity contribution in [1.82, 2.24) is 14.9 Å². The third kappa shape index (κ3) is 3.80. The topological polar surface area (TPSA) is 79.8 Å². The summed E-state index contributed by atoms with van der Waals surface area (Å²) < 4.78 is 10.9. The van der Waals surface area contributed by atoms with Crippen molar-refractivity contribution in [3.8, 4) is 11.5 Å². The predicted octanol–water partition coefficient (Wildman–Crippen LogP) is 2.05. The van der Waals surface area contributed by atoms with E-state index in [4.69, 9.17) is 9.47 Å². The van der Waals surface area contributed by atoms with Gasteiger partial charge in [-0.05, 0) is 24.6 Å². The largest absolute Gasteiger partial charge is 0.454 e. The van der Waals surface area contributed by atoms with Crippen molar-refractivity contribution in [2.75, 3.05) is 43.2 Å². The molecule has 2 aliphatic rings. The number of nitrogens with one attached hydrogen (secondary N) is 1. The molecular weight excluding hydrogens is 346 g/mol. The van der Waals surface area contributed by atoms with Gasteiger partial charge in [0.15, 0.2) is 11.5 Å². The molecule has 1 saturated heterocycles. The van der Waals surface area contributed by atoms with Gasteiger partial charge in [-0.25, -0.2) is 9.97 Å². The van der Waals surface area contributed by atoms with Crippen molar-refractivity contribution >= 4 is 17.5 Å². The summed E-state index contributed by atoms with van der Waals surface area (Å²) in [6.45, 7) is 7.54. The van der Waals surface area contributed by atoms with Crippen LogP contribution in [0.5, 0.6) is 11.5 Å². The minimum absolute atomic E-state index is 0.127. The van der Waals surface area contributed by atoms with E-state index in [1.807, 2.05) is 6.07 Å². The molecule has 0 aliphatic carbocycles. The number of amides is 1. The third-order valence-corrected chi connectivity index (χ3v) is 4.98. The van der Waals surface area contributed by atoms with Gasteiger partial charge in [0.05, 0.1) is 18.1 Å². The molecule has 2 aliphatic heterocycles. The van der Waals surface area contributed by atoms with Crippen LogP contribution in [0.4, 0.5) is 11.6 Å². The van der Waals surface area contributed by atoms with E-state index in [2.05, 4.69) is 44.1 Å². The maximum absolute atomic E-state index is 11.1. The Morgan fingerprint density at radius 1 is 1.11 bits per heavy atom. The third-order valence-electron chi connectivity index (χ3n) is 4.98. The first-order chi connectivity index (χ1) is 13.1. The molecule has 1 atom stereocenters. The van der Waals surface area contributed by atoms with Crippen LogP contribution in [0.15, 0.2) is 30.6 Å². The van der Waals surface area contributed by atoms with Crippen LogP contribution in [0.3, 0.4) is 0 Å². The highest BCUT2D eigenvalue weighted by molar-refractivity contribution is 5.88. The zero-order chi connectivity index (χ0) is 18.8. The van der Waals surface area contributed by atoms with Gasteiger partial charge in [-0.15, -0.1) is 0 Å². The van der Waals surface area contributed by atoms with Crippen LogP contribution in [0, 0.1) is 0 Å². The Morgan fingerprint density at radius 3 is 2.52 bits per heavy atom. The second-order valence-electron chi connectivity index (χ2n) is 6.76. The molecule has 8 heteroatoms. The van der Waals surface area contributed by atoms with Crippen LogP contribution in [-0.2, 0) is 4.79 Å². The van der Waals surface area contributed by atoms with Crippen LogP contribution in [0.1, 0.15) is 25.5 Å². The average Bonchev–Trinajstić information content (AvgIpc) is 3.15. The lowest BCUT2D eigenvalue weighted by Gasteiger charge is -2.38. The second kappa shape index (κ2) is 7.40. The molecule has 1 N–H and O–H groups in total. The van der Waals surface area contributed by atoms with Crippen LogP contribution in [0.2, 0.25) is 0 Å². The number of nitrogens with zero attached hydrogens (tertiary/aromatic N) is 4. The summed E-state index contributed by atoms with van der Waals surface area (Å²) in [5, 5.41) is 2.68. The van der Waals surface area contributed by atoms with Crippen molar-refractivity contribution in [3.63, 3.8) is 0 Å². The SMILES string of the molecule is CC(=O)Nc1cnc(N2CCN([C@H](C)c3ccc4c(c3)OCO4)CC2)nc1. The Kier molecular flexibility index (Phi) is 4.81. The Balaban J connectivity index is 1.36. The number of hydrogen-bond donors (Lipinski definition) is 1. The standard InChI is InChI=1S/C19H23N5O3/c1-13(15-3-4-17-18(9-15)27-12-26-17)23-5-7-24(8-6-23)19-20-10-16(11-21-19)22-14(2)25/h3-4,9-11,13H,5-8,12H2,1-2H3,(H,22,25)/t13-/m1/s1. The van der Waals surface area contributed by atoms with Gasteiger partial charge in [-0.1, -0.05) is 6.07 Å². The van der Waals surface area contributed by atoms with E-state index in [0.717, 1.165) is 37.7 Å². The number of hydrogen-bond acceptors (Lipinski definition) is 7. The Labute approximate surface area is 158 Å². The summed E-state index contributed by atoms with van der Waals surface area (Å²) >= 11 is 0. The monoisotopic (exact) mass is 369 g/mol. The molecule has 0 radical (unpaired) electrons. The minimum atomic E-state index is -0.127. The molecule has 27 heavy (non-hydrogen) atoms. The van der Waals surface area contributed by atoms with Gasteiger partial charge in [0.2, 0.25) is 18.6 Å². The maximum atomic E-state index is 11.1. The van der Waals surface area contributed by atoms with Crippen molar-refractivity contribution in [1.29, 1.82) is 0 Å². The van der Waals surface area contributed by atoms with Crippen LogP contribution >= 0.6 is 0 Å². The molecule has 0 spiro atoms. The van der Waals surface area contributed by atoms with Gasteiger partial charge in [-0.3, -0.25) is 9.69 Å². The van der Waals surface area contributed by atoms with E-state index in [9.17, 15) is 4.79 Å². The molecule has 0 unspecified atom stereocenters. The zero-order valence-electron chi connectivity index (χ0n) is 15.5. The molecule has 1 fully saturated rings. The highest BCUT2D eigenvalue weighted by Crippen LogP contribution is 2.35. The maximum Gasteiger partial charge on any atom is 0.231 e. The first kappa shape index (κ1) is 17.5. The molecular formula is C19H23N5O3. The molecule has 4 rings (SSSR count). The summed E-state index contributed by atoms with van der Waals surface area (Å²) in [7, 11) is 0. The van der Waals surface area contributed by atoms with Gasteiger partial charge < -0.3 is 19.7 Å². The molecule has 142 valence electrons. The van der Waals surface area contributed by atoms with Crippen molar-refractivity contribution < 1.29 is 14.3 Å². The van der Waals surface area contributed by atoms with Crippen LogP contribution in [0.25, 0.3) is 0 Å². The van der Waals surface area contributed by atoms with Gasteiger partial charge in [-0.2, -0.15) is 0 Å². The lowest BCUT2D eigenvalue weighted by Crippen LogP contribution is -2.47. The van der Waals surface area contributed by atoms with Crippen molar-refractivity contribution in [2.45, 2.75) is 19.9 Å². The Hall–Kier alpha value is -2.87. The molecule has 0 bridgehead atoms. The first-order valence-electron chi connectivity index (χ1n) is 9.08. The highest BCUT2D eigenvalue weighted by atomic mass is 16.7. The van der Waals surface area contributed by atoms with Crippen LogP contribution in [-0.4, -0.2) is 53.7 Å². The van der Waals surface area contributed by atoms with E-state index in [-0.39, 0.29) is 5.91 Å². The average molecular weight is 369 g/mol. The van der Waals surface area contributed by atoms with E-state index in [1.165, 1.54) is 12.5 Å². The minimum Gasteiger partial charge on any atom is -0.454 e. The highest BCUT2D eigenvalue weighted by Gasteiger charge is 2.25. The van der Waals surface area contributed by atoms with E-state index >= 15 is 0 Å². The summed E-state index contributed by atoms with van der Waals surface area (Å²) in [5.41, 5.74) is 1.84. The number of piperazine rings is 1. The number of rotatable bonds is 4. The molecule has 8 nitrogen and oxygen atoms in total. The van der Waals surface area contributed by atoms with Crippen molar-refractivity contribution in [3.05, 3.63) is 36.2 Å². The number of ether oxygens (including phenoxy) is 2. The fourth-order valence-corrected chi connectivity index (χ4v) is 3.45. The quantitative estimate of drug-likeness (QED) is 0.883. The lowest BCUT2D eigenvalue weighted by molar-refractivity contribution is -0.114. The van der Waals surface area contributed by atoms with E-state index in [1.54, 1.807) is 12.4 Å². The Morgan fingerprint density at radius 2 is 1.81 bits per heavy atom. The van der Waals surface area contributed by atoms with Gasteiger partial charge in [0, 0.05) is 39.1 Å². The molecule has 2 aromatic rings. The summed E-state index contributed by atoms with van der Waals surface area (Å²) in [6.07, 6.45) is 3.29. The molecule has 1 aromatic heterocycles. The fourth-order valence-electron chi connectivity index (χ4n) is 3.45. The van der Waals surface area contributed by atoms with Gasteiger partial charge >= 0.3 is 0 Å². The summed E-state index contributed by atoms with van der Waals surface area (Å²) in [5.74, 6) is 2.21. The Bertz CT molecular complexity index is 819. The number of anilines is 2. The number of carbonyl (C=O) groups is 1. The van der Waals surface area contributed by atoms with E-state index in [0.29, 0.717) is 24.5 Å². The molecule has 0 saturated carbocycles. The number of aromatic nitrogens is 2. The zero-order valence-corrected chi connectivity index (χ0v) is 15.5.